The van der Waals surface area contributed by atoms with Gasteiger partial charge in [0.2, 0.25) is 0 Å². The third kappa shape index (κ3) is 2.48. The molecule has 2 aromatic rings. The minimum atomic E-state index is -0.833. The lowest BCUT2D eigenvalue weighted by atomic mass is 9.94. The first-order valence-electron chi connectivity index (χ1n) is 7.31. The van der Waals surface area contributed by atoms with Crippen molar-refractivity contribution in [2.75, 3.05) is 5.75 Å². The van der Waals surface area contributed by atoms with E-state index in [0.29, 0.717) is 12.2 Å². The van der Waals surface area contributed by atoms with Crippen molar-refractivity contribution in [3.63, 3.8) is 0 Å². The van der Waals surface area contributed by atoms with Gasteiger partial charge in [0, 0.05) is 16.6 Å². The number of aromatic amines is 1. The molecule has 0 radical (unpaired) electrons. The number of aromatic nitrogens is 1. The van der Waals surface area contributed by atoms with Gasteiger partial charge in [-0.1, -0.05) is 6.07 Å². The number of aryl methyl sites for hydroxylation is 2. The van der Waals surface area contributed by atoms with E-state index in [1.54, 1.807) is 0 Å². The molecule has 0 aliphatic heterocycles. The van der Waals surface area contributed by atoms with Gasteiger partial charge in [0.15, 0.2) is 0 Å². The van der Waals surface area contributed by atoms with Crippen molar-refractivity contribution >= 4 is 23.5 Å². The van der Waals surface area contributed by atoms with E-state index in [-0.39, 0.29) is 0 Å². The second-order valence-corrected chi connectivity index (χ2v) is 6.07. The molecule has 2 atom stereocenters. The fraction of sp³-hybridized carbons (Fsp3) is 0.500. The lowest BCUT2D eigenvalue weighted by Gasteiger charge is -2.17. The Kier molecular flexibility index (Phi) is 4.06. The van der Waals surface area contributed by atoms with Gasteiger partial charge in [-0.15, -0.1) is 0 Å². The summed E-state index contributed by atoms with van der Waals surface area (Å²) in [4.78, 5) is 3.48. The summed E-state index contributed by atoms with van der Waals surface area (Å²) in [6, 6.07) is 5.94. The van der Waals surface area contributed by atoms with Crippen molar-refractivity contribution in [2.45, 2.75) is 44.3 Å². The third-order valence-electron chi connectivity index (χ3n) is 4.25. The Morgan fingerprint density at radius 3 is 2.80 bits per heavy atom. The fourth-order valence-corrected chi connectivity index (χ4v) is 3.38. The van der Waals surface area contributed by atoms with Crippen LogP contribution in [0.15, 0.2) is 18.2 Å². The average Bonchev–Trinajstić information content (AvgIpc) is 2.84. The van der Waals surface area contributed by atoms with Crippen LogP contribution in [0.25, 0.3) is 10.9 Å². The second kappa shape index (κ2) is 5.80. The molecule has 0 fully saturated rings. The molecule has 3 nitrogen and oxygen atoms in total. The van der Waals surface area contributed by atoms with E-state index in [1.807, 2.05) is 18.2 Å². The van der Waals surface area contributed by atoms with Crippen molar-refractivity contribution in [2.24, 2.45) is 0 Å². The molecule has 1 aromatic carbocycles. The lowest BCUT2D eigenvalue weighted by Crippen LogP contribution is -2.18. The molecule has 1 aliphatic carbocycles. The number of H-pyrrole nitrogens is 1. The molecule has 2 unspecified atom stereocenters. The number of nitrogens with one attached hydrogen (secondary N) is 1. The highest BCUT2D eigenvalue weighted by atomic mass is 32.1. The molecule has 1 heterocycles. The Hall–Kier alpha value is -0.970. The maximum absolute atomic E-state index is 10.2. The van der Waals surface area contributed by atoms with Gasteiger partial charge in [-0.05, 0) is 61.1 Å². The van der Waals surface area contributed by atoms with Crippen LogP contribution in [0.1, 0.15) is 42.2 Å². The number of hydrogen-bond donors (Lipinski definition) is 4. The molecule has 0 spiro atoms. The molecule has 0 saturated carbocycles. The van der Waals surface area contributed by atoms with E-state index < -0.39 is 12.2 Å². The summed E-state index contributed by atoms with van der Waals surface area (Å²) in [6.07, 6.45) is 3.61. The largest absolute Gasteiger partial charge is 0.390 e. The quantitative estimate of drug-likeness (QED) is 0.655. The summed E-state index contributed by atoms with van der Waals surface area (Å²) in [7, 11) is 0. The first-order valence-corrected chi connectivity index (χ1v) is 7.94. The Labute approximate surface area is 124 Å². The molecule has 1 aromatic heterocycles. The molecule has 0 amide bonds. The molecule has 20 heavy (non-hydrogen) atoms. The molecule has 1 aliphatic rings. The standard InChI is InChI=1S/C16H21NO2S/c18-15(7-8-20)16(19)10-5-6-14-12(9-10)11-3-1-2-4-13(11)17-14/h5-6,9,15-20H,1-4,7-8H2. The van der Waals surface area contributed by atoms with Gasteiger partial charge < -0.3 is 15.2 Å². The maximum Gasteiger partial charge on any atom is 0.105 e. The molecule has 3 N–H and O–H groups in total. The fourth-order valence-electron chi connectivity index (χ4n) is 3.12. The highest BCUT2D eigenvalue weighted by molar-refractivity contribution is 7.80. The Bertz CT molecular complexity index is 608. The Morgan fingerprint density at radius 1 is 1.20 bits per heavy atom. The Balaban J connectivity index is 1.97. The van der Waals surface area contributed by atoms with Gasteiger partial charge in [0.1, 0.15) is 6.10 Å². The number of rotatable bonds is 4. The number of aliphatic hydroxyl groups excluding tert-OH is 2. The maximum atomic E-state index is 10.2. The molecule has 108 valence electrons. The predicted molar refractivity (Wildman–Crippen MR) is 84.4 cm³/mol. The van der Waals surface area contributed by atoms with Gasteiger partial charge >= 0.3 is 0 Å². The van der Waals surface area contributed by atoms with Crippen LogP contribution in [0.2, 0.25) is 0 Å². The summed E-state index contributed by atoms with van der Waals surface area (Å²) in [5.41, 5.74) is 4.66. The molecule has 0 saturated heterocycles. The Morgan fingerprint density at radius 2 is 2.00 bits per heavy atom. The van der Waals surface area contributed by atoms with Gasteiger partial charge in [-0.25, -0.2) is 0 Å². The smallest absolute Gasteiger partial charge is 0.105 e. The molecule has 3 rings (SSSR count). The number of aliphatic hydroxyl groups is 2. The van der Waals surface area contributed by atoms with Gasteiger partial charge in [-0.2, -0.15) is 12.6 Å². The van der Waals surface area contributed by atoms with Gasteiger partial charge in [0.25, 0.3) is 0 Å². The lowest BCUT2D eigenvalue weighted by molar-refractivity contribution is 0.0173. The van der Waals surface area contributed by atoms with Crippen molar-refractivity contribution in [1.82, 2.24) is 4.98 Å². The SMILES string of the molecule is OC(CCS)C(O)c1ccc2[nH]c3c(c2c1)CCCC3. The summed E-state index contributed by atoms with van der Waals surface area (Å²) in [5, 5.41) is 21.4. The van der Waals surface area contributed by atoms with Crippen LogP contribution in [0.4, 0.5) is 0 Å². The summed E-state index contributed by atoms with van der Waals surface area (Å²) in [5.74, 6) is 0.569. The van der Waals surface area contributed by atoms with Crippen LogP contribution < -0.4 is 0 Å². The minimum absolute atomic E-state index is 0.494. The van der Waals surface area contributed by atoms with E-state index in [0.717, 1.165) is 23.9 Å². The van der Waals surface area contributed by atoms with E-state index >= 15 is 0 Å². The second-order valence-electron chi connectivity index (χ2n) is 5.62. The van der Waals surface area contributed by atoms with Gasteiger partial charge in [-0.3, -0.25) is 0 Å². The zero-order valence-corrected chi connectivity index (χ0v) is 12.4. The predicted octanol–water partition coefficient (Wildman–Crippen LogP) is 2.76. The van der Waals surface area contributed by atoms with E-state index in [9.17, 15) is 10.2 Å². The zero-order valence-electron chi connectivity index (χ0n) is 11.5. The molecular weight excluding hydrogens is 270 g/mol. The highest BCUT2D eigenvalue weighted by Crippen LogP contribution is 2.31. The van der Waals surface area contributed by atoms with E-state index in [2.05, 4.69) is 17.6 Å². The van der Waals surface area contributed by atoms with Crippen molar-refractivity contribution < 1.29 is 10.2 Å². The topological polar surface area (TPSA) is 56.2 Å². The molecule has 0 bridgehead atoms. The summed E-state index contributed by atoms with van der Waals surface area (Å²) in [6.45, 7) is 0. The van der Waals surface area contributed by atoms with Crippen molar-refractivity contribution in [3.05, 3.63) is 35.0 Å². The van der Waals surface area contributed by atoms with Crippen LogP contribution in [0.5, 0.6) is 0 Å². The zero-order chi connectivity index (χ0) is 14.1. The first-order chi connectivity index (χ1) is 9.70. The van der Waals surface area contributed by atoms with Crippen LogP contribution >= 0.6 is 12.6 Å². The van der Waals surface area contributed by atoms with Crippen LogP contribution in [-0.2, 0) is 12.8 Å². The van der Waals surface area contributed by atoms with Crippen molar-refractivity contribution in [1.29, 1.82) is 0 Å². The number of fused-ring (bicyclic) bond motifs is 3. The van der Waals surface area contributed by atoms with Gasteiger partial charge in [0.05, 0.1) is 6.10 Å². The van der Waals surface area contributed by atoms with Crippen molar-refractivity contribution in [3.8, 4) is 0 Å². The monoisotopic (exact) mass is 291 g/mol. The summed E-state index contributed by atoms with van der Waals surface area (Å²) < 4.78 is 0. The normalized spacial score (nSPS) is 17.9. The van der Waals surface area contributed by atoms with Crippen LogP contribution in [0, 0.1) is 0 Å². The van der Waals surface area contributed by atoms with Crippen LogP contribution in [0.3, 0.4) is 0 Å². The highest BCUT2D eigenvalue weighted by Gasteiger charge is 2.20. The average molecular weight is 291 g/mol. The molecule has 4 heteroatoms. The molecular formula is C16H21NO2S. The summed E-state index contributed by atoms with van der Waals surface area (Å²) >= 11 is 4.10. The van der Waals surface area contributed by atoms with E-state index in [4.69, 9.17) is 0 Å². The number of thiol groups is 1. The number of benzene rings is 1. The first kappa shape index (κ1) is 14.0. The number of hydrogen-bond acceptors (Lipinski definition) is 3. The van der Waals surface area contributed by atoms with Crippen LogP contribution in [-0.4, -0.2) is 27.1 Å². The van der Waals surface area contributed by atoms with E-state index in [1.165, 1.54) is 29.5 Å². The minimum Gasteiger partial charge on any atom is -0.390 e. The third-order valence-corrected chi connectivity index (χ3v) is 4.51.